The van der Waals surface area contributed by atoms with Crippen molar-refractivity contribution in [3.8, 4) is 0 Å². The normalized spacial score (nSPS) is 16.9. The Labute approximate surface area is 128 Å². The first-order valence-corrected chi connectivity index (χ1v) is 7.28. The third-order valence-electron chi connectivity index (χ3n) is 3.87. The summed E-state index contributed by atoms with van der Waals surface area (Å²) in [4.78, 5) is 14.3. The Morgan fingerprint density at radius 1 is 1.29 bits per heavy atom. The number of nitrogens with zero attached hydrogens (tertiary/aromatic N) is 1. The molecule has 0 spiro atoms. The Hall–Kier alpha value is -1.87. The van der Waals surface area contributed by atoms with Crippen LogP contribution in [0.2, 0.25) is 5.02 Å². The molecule has 0 aliphatic carbocycles. The van der Waals surface area contributed by atoms with Gasteiger partial charge in [0.2, 0.25) is 5.91 Å². The van der Waals surface area contributed by atoms with Crippen molar-refractivity contribution < 1.29 is 9.18 Å². The molecule has 2 aromatic carbocycles. The third kappa shape index (κ3) is 2.54. The molecule has 1 aliphatic rings. The van der Waals surface area contributed by atoms with Crippen LogP contribution >= 0.6 is 11.6 Å². The first kappa shape index (κ1) is 14.1. The zero-order valence-corrected chi connectivity index (χ0v) is 12.4. The largest absolute Gasteiger partial charge is 0.309 e. The summed E-state index contributed by atoms with van der Waals surface area (Å²) in [5.41, 5.74) is 2.33. The number of benzene rings is 2. The topological polar surface area (TPSA) is 20.3 Å². The van der Waals surface area contributed by atoms with Gasteiger partial charge in [-0.1, -0.05) is 35.9 Å². The summed E-state index contributed by atoms with van der Waals surface area (Å²) in [5.74, 6) is -0.560. The molecule has 1 heterocycles. The zero-order valence-electron chi connectivity index (χ0n) is 11.6. The maximum atomic E-state index is 13.8. The van der Waals surface area contributed by atoms with E-state index in [2.05, 4.69) is 0 Å². The van der Waals surface area contributed by atoms with Crippen LogP contribution in [0.4, 0.5) is 10.1 Å². The van der Waals surface area contributed by atoms with Crippen molar-refractivity contribution in [2.75, 3.05) is 4.90 Å². The Bertz CT molecular complexity index is 681. The number of amides is 1. The van der Waals surface area contributed by atoms with Crippen molar-refractivity contribution in [3.05, 3.63) is 64.4 Å². The Balaban J connectivity index is 1.90. The van der Waals surface area contributed by atoms with Gasteiger partial charge < -0.3 is 4.90 Å². The number of halogens is 2. The highest BCUT2D eigenvalue weighted by Gasteiger charge is 2.31. The van der Waals surface area contributed by atoms with E-state index >= 15 is 0 Å². The molecule has 1 atom stereocenters. The van der Waals surface area contributed by atoms with Crippen LogP contribution < -0.4 is 4.90 Å². The number of para-hydroxylation sites is 1. The van der Waals surface area contributed by atoms with Crippen LogP contribution in [0.15, 0.2) is 42.5 Å². The van der Waals surface area contributed by atoms with E-state index in [0.29, 0.717) is 5.02 Å². The van der Waals surface area contributed by atoms with Gasteiger partial charge in [-0.05, 0) is 37.1 Å². The number of carbonyl (C=O) groups excluding carboxylic acids is 1. The van der Waals surface area contributed by atoms with E-state index in [1.807, 2.05) is 31.2 Å². The number of hydrogen-bond acceptors (Lipinski definition) is 1. The molecule has 4 heteroatoms. The predicted molar refractivity (Wildman–Crippen MR) is 82.2 cm³/mol. The summed E-state index contributed by atoms with van der Waals surface area (Å²) in [7, 11) is 0. The summed E-state index contributed by atoms with van der Waals surface area (Å²) in [6.07, 6.45) is 0.803. The van der Waals surface area contributed by atoms with Gasteiger partial charge in [0.15, 0.2) is 0 Å². The lowest BCUT2D eigenvalue weighted by atomic mass is 10.1. The number of rotatable bonds is 2. The van der Waals surface area contributed by atoms with Gasteiger partial charge in [-0.25, -0.2) is 4.39 Å². The molecule has 0 aromatic heterocycles. The molecule has 0 N–H and O–H groups in total. The second-order valence-corrected chi connectivity index (χ2v) is 5.73. The van der Waals surface area contributed by atoms with Crippen LogP contribution in [0.5, 0.6) is 0 Å². The van der Waals surface area contributed by atoms with Gasteiger partial charge in [-0.15, -0.1) is 0 Å². The molecule has 1 amide bonds. The van der Waals surface area contributed by atoms with E-state index in [0.717, 1.165) is 17.7 Å². The Morgan fingerprint density at radius 2 is 2.05 bits per heavy atom. The maximum absolute atomic E-state index is 13.8. The average molecular weight is 304 g/mol. The third-order valence-corrected chi connectivity index (χ3v) is 4.22. The number of carbonyl (C=O) groups is 1. The van der Waals surface area contributed by atoms with Gasteiger partial charge in [-0.2, -0.15) is 0 Å². The molecule has 0 radical (unpaired) electrons. The van der Waals surface area contributed by atoms with E-state index in [4.69, 9.17) is 11.6 Å². The average Bonchev–Trinajstić information content (AvgIpc) is 2.78. The summed E-state index contributed by atoms with van der Waals surface area (Å²) in [5, 5.41) is 0.295. The first-order valence-electron chi connectivity index (χ1n) is 6.91. The summed E-state index contributed by atoms with van der Waals surface area (Å²) in [6.45, 7) is 2.00. The zero-order chi connectivity index (χ0) is 15.0. The van der Waals surface area contributed by atoms with Crippen molar-refractivity contribution in [3.63, 3.8) is 0 Å². The summed E-state index contributed by atoms with van der Waals surface area (Å²) in [6, 6.07) is 12.4. The molecule has 0 saturated carbocycles. The first-order chi connectivity index (χ1) is 10.1. The molecule has 1 unspecified atom stereocenters. The van der Waals surface area contributed by atoms with Crippen LogP contribution in [0.3, 0.4) is 0 Å². The predicted octanol–water partition coefficient (Wildman–Crippen LogP) is 4.00. The minimum Gasteiger partial charge on any atom is -0.309 e. The van der Waals surface area contributed by atoms with Crippen molar-refractivity contribution >= 4 is 23.2 Å². The van der Waals surface area contributed by atoms with Crippen molar-refractivity contribution in [2.45, 2.75) is 25.8 Å². The van der Waals surface area contributed by atoms with Gasteiger partial charge in [0.1, 0.15) is 5.82 Å². The second-order valence-electron chi connectivity index (χ2n) is 5.32. The molecule has 2 nitrogen and oxygen atoms in total. The fraction of sp³-hybridized carbons (Fsp3) is 0.235. The number of anilines is 1. The van der Waals surface area contributed by atoms with Gasteiger partial charge >= 0.3 is 0 Å². The lowest BCUT2D eigenvalue weighted by Gasteiger charge is -2.23. The Morgan fingerprint density at radius 3 is 2.81 bits per heavy atom. The monoisotopic (exact) mass is 303 g/mol. The molecule has 21 heavy (non-hydrogen) atoms. The highest BCUT2D eigenvalue weighted by Crippen LogP contribution is 2.32. The molecule has 0 fully saturated rings. The molecule has 0 bridgehead atoms. The van der Waals surface area contributed by atoms with Crippen LogP contribution in [-0.2, 0) is 17.6 Å². The fourth-order valence-corrected chi connectivity index (χ4v) is 3.11. The smallest absolute Gasteiger partial charge is 0.231 e. The molecular weight excluding hydrogens is 289 g/mol. The highest BCUT2D eigenvalue weighted by molar-refractivity contribution is 6.31. The van der Waals surface area contributed by atoms with Crippen LogP contribution in [0.25, 0.3) is 0 Å². The van der Waals surface area contributed by atoms with Gasteiger partial charge in [-0.3, -0.25) is 4.79 Å². The van der Waals surface area contributed by atoms with Gasteiger partial charge in [0.05, 0.1) is 6.42 Å². The van der Waals surface area contributed by atoms with Gasteiger partial charge in [0.25, 0.3) is 0 Å². The molecule has 2 aromatic rings. The maximum Gasteiger partial charge on any atom is 0.231 e. The minimum absolute atomic E-state index is 0.0236. The van der Waals surface area contributed by atoms with E-state index in [9.17, 15) is 9.18 Å². The van der Waals surface area contributed by atoms with Crippen LogP contribution in [0.1, 0.15) is 18.1 Å². The number of hydrogen-bond donors (Lipinski definition) is 0. The van der Waals surface area contributed by atoms with Gasteiger partial charge in [0, 0.05) is 22.3 Å². The number of fused-ring (bicyclic) bond motifs is 1. The summed E-state index contributed by atoms with van der Waals surface area (Å²) < 4.78 is 13.8. The minimum atomic E-state index is -0.434. The molecule has 3 rings (SSSR count). The lowest BCUT2D eigenvalue weighted by molar-refractivity contribution is -0.118. The van der Waals surface area contributed by atoms with Crippen molar-refractivity contribution in [2.24, 2.45) is 0 Å². The van der Waals surface area contributed by atoms with Crippen LogP contribution in [-0.4, -0.2) is 11.9 Å². The SMILES string of the molecule is CC1Cc2ccccc2N1C(=O)Cc1c(F)cccc1Cl. The van der Waals surface area contributed by atoms with E-state index in [1.54, 1.807) is 17.0 Å². The fourth-order valence-electron chi connectivity index (χ4n) is 2.88. The highest BCUT2D eigenvalue weighted by atomic mass is 35.5. The Kier molecular flexibility index (Phi) is 3.68. The quantitative estimate of drug-likeness (QED) is 0.821. The molecule has 0 saturated heterocycles. The standard InChI is InChI=1S/C17H15ClFNO/c1-11-9-12-5-2-3-8-16(12)20(11)17(21)10-13-14(18)6-4-7-15(13)19/h2-8,11H,9-10H2,1H3. The second kappa shape index (κ2) is 5.49. The molecular formula is C17H15ClFNO. The van der Waals surface area contributed by atoms with E-state index in [-0.39, 0.29) is 23.9 Å². The van der Waals surface area contributed by atoms with Crippen molar-refractivity contribution in [1.82, 2.24) is 0 Å². The van der Waals surface area contributed by atoms with Crippen LogP contribution in [0, 0.1) is 5.82 Å². The lowest BCUT2D eigenvalue weighted by Crippen LogP contribution is -2.37. The molecule has 108 valence electrons. The molecule has 1 aliphatic heterocycles. The van der Waals surface area contributed by atoms with E-state index in [1.165, 1.54) is 6.07 Å². The van der Waals surface area contributed by atoms with E-state index < -0.39 is 5.82 Å². The summed E-state index contributed by atoms with van der Waals surface area (Å²) >= 11 is 6.01. The van der Waals surface area contributed by atoms with Crippen molar-refractivity contribution in [1.29, 1.82) is 0 Å².